The molecule has 0 bridgehead atoms. The number of carbonyl (C=O) groups excluding carboxylic acids is 1. The summed E-state index contributed by atoms with van der Waals surface area (Å²) in [5.74, 6) is -1.86. The van der Waals surface area contributed by atoms with Crippen molar-refractivity contribution in [3.63, 3.8) is 0 Å². The van der Waals surface area contributed by atoms with Crippen LogP contribution in [0.1, 0.15) is 48.0 Å². The molecule has 2 aromatic heterocycles. The van der Waals surface area contributed by atoms with Crippen LogP contribution in [0.5, 0.6) is 0 Å². The molecule has 2 aliphatic rings. The second-order valence-electron chi connectivity index (χ2n) is 8.04. The molecule has 1 atom stereocenters. The Morgan fingerprint density at radius 1 is 1.19 bits per heavy atom. The predicted octanol–water partition coefficient (Wildman–Crippen LogP) is 3.92. The number of hydrogen-bond donors (Lipinski definition) is 3. The zero-order chi connectivity index (χ0) is 21.5. The first-order valence-electron chi connectivity index (χ1n) is 10.3. The van der Waals surface area contributed by atoms with E-state index in [1.165, 1.54) is 18.6 Å². The van der Waals surface area contributed by atoms with Crippen molar-refractivity contribution in [1.29, 1.82) is 0 Å². The number of nitrogens with one attached hydrogen (secondary N) is 3. The molecule has 3 aromatic rings. The van der Waals surface area contributed by atoms with Gasteiger partial charge in [-0.2, -0.15) is 0 Å². The van der Waals surface area contributed by atoms with Crippen molar-refractivity contribution in [2.45, 2.75) is 37.4 Å². The molecule has 0 spiro atoms. The normalized spacial score (nSPS) is 17.4. The summed E-state index contributed by atoms with van der Waals surface area (Å²) in [6, 6.07) is 2.17. The number of ketones is 1. The van der Waals surface area contributed by atoms with Crippen LogP contribution in [0.4, 0.5) is 20.3 Å². The van der Waals surface area contributed by atoms with Gasteiger partial charge in [-0.25, -0.2) is 23.0 Å². The van der Waals surface area contributed by atoms with E-state index in [-0.39, 0.29) is 16.5 Å². The molecule has 31 heavy (non-hydrogen) atoms. The van der Waals surface area contributed by atoms with E-state index in [1.54, 1.807) is 0 Å². The van der Waals surface area contributed by atoms with Gasteiger partial charge < -0.3 is 15.0 Å². The summed E-state index contributed by atoms with van der Waals surface area (Å²) in [4.78, 5) is 24.4. The number of rotatable bonds is 8. The number of H-pyrrole nitrogens is 1. The highest BCUT2D eigenvalue weighted by molar-refractivity contribution is 7.87. The molecule has 0 amide bonds. The lowest BCUT2D eigenvalue weighted by Gasteiger charge is -2.25. The molecule has 5 rings (SSSR count). The van der Waals surface area contributed by atoms with Gasteiger partial charge in [-0.3, -0.25) is 4.79 Å². The number of halogens is 2. The second kappa shape index (κ2) is 7.99. The number of aromatic amines is 1. The highest BCUT2D eigenvalue weighted by Gasteiger charge is 2.29. The van der Waals surface area contributed by atoms with E-state index in [4.69, 9.17) is 0 Å². The number of carbonyl (C=O) groups is 1. The molecule has 1 unspecified atom stereocenters. The summed E-state index contributed by atoms with van der Waals surface area (Å²) in [7, 11) is -1.49. The maximum atomic E-state index is 15.2. The van der Waals surface area contributed by atoms with Crippen LogP contribution in [-0.2, 0) is 11.0 Å². The topological polar surface area (TPSA) is 99.8 Å². The third kappa shape index (κ3) is 3.80. The highest BCUT2D eigenvalue weighted by Crippen LogP contribution is 2.33. The van der Waals surface area contributed by atoms with Crippen LogP contribution < -0.4 is 10.0 Å². The quantitative estimate of drug-likeness (QED) is 0.457. The van der Waals surface area contributed by atoms with Gasteiger partial charge in [-0.1, -0.05) is 6.42 Å². The first kappa shape index (κ1) is 20.0. The Balaban J connectivity index is 1.50. The van der Waals surface area contributed by atoms with Crippen molar-refractivity contribution < 1.29 is 17.8 Å². The van der Waals surface area contributed by atoms with Crippen molar-refractivity contribution in [3.8, 4) is 0 Å². The fourth-order valence-corrected chi connectivity index (χ4v) is 4.89. The lowest BCUT2D eigenvalue weighted by Crippen LogP contribution is -2.28. The predicted molar refractivity (Wildman–Crippen MR) is 114 cm³/mol. The SMILES string of the molecule is O=C(c1c(F)ccc(NS(=O)C2CCC2)c1F)c1c[nH]c2ncnc(NCC3CC3)c12. The molecular formula is C21H21F2N5O2S. The molecule has 2 saturated carbocycles. The van der Waals surface area contributed by atoms with Crippen molar-refractivity contribution in [1.82, 2.24) is 15.0 Å². The van der Waals surface area contributed by atoms with Gasteiger partial charge in [0.1, 0.15) is 34.6 Å². The van der Waals surface area contributed by atoms with Crippen LogP contribution in [0, 0.1) is 17.6 Å². The van der Waals surface area contributed by atoms with Crippen LogP contribution in [0.15, 0.2) is 24.7 Å². The summed E-state index contributed by atoms with van der Waals surface area (Å²) in [6.07, 6.45) is 7.59. The van der Waals surface area contributed by atoms with E-state index in [0.29, 0.717) is 29.3 Å². The zero-order valence-electron chi connectivity index (χ0n) is 16.6. The molecule has 3 N–H and O–H groups in total. The molecule has 0 radical (unpaired) electrons. The van der Waals surface area contributed by atoms with Gasteiger partial charge in [0.2, 0.25) is 5.78 Å². The number of fused-ring (bicyclic) bond motifs is 1. The Bertz CT molecular complexity index is 1190. The minimum atomic E-state index is -1.49. The summed E-state index contributed by atoms with van der Waals surface area (Å²) in [6.45, 7) is 0.708. The average Bonchev–Trinajstić information content (AvgIpc) is 3.43. The summed E-state index contributed by atoms with van der Waals surface area (Å²) in [5, 5.41) is 3.54. The van der Waals surface area contributed by atoms with E-state index in [1.807, 2.05) is 0 Å². The van der Waals surface area contributed by atoms with Gasteiger partial charge in [0, 0.05) is 12.7 Å². The van der Waals surface area contributed by atoms with Crippen LogP contribution in [0.25, 0.3) is 11.0 Å². The smallest absolute Gasteiger partial charge is 0.201 e. The first-order valence-corrected chi connectivity index (χ1v) is 11.5. The molecule has 0 aliphatic heterocycles. The number of anilines is 2. The molecule has 7 nitrogen and oxygen atoms in total. The highest BCUT2D eigenvalue weighted by atomic mass is 32.2. The summed E-state index contributed by atoms with van der Waals surface area (Å²) < 4.78 is 44.7. The number of nitrogens with zero attached hydrogens (tertiary/aromatic N) is 2. The number of hydrogen-bond acceptors (Lipinski definition) is 5. The van der Waals surface area contributed by atoms with Gasteiger partial charge in [-0.05, 0) is 43.7 Å². The van der Waals surface area contributed by atoms with Crippen LogP contribution in [0.2, 0.25) is 0 Å². The summed E-state index contributed by atoms with van der Waals surface area (Å²) in [5.41, 5.74) is -0.381. The summed E-state index contributed by atoms with van der Waals surface area (Å²) >= 11 is 0. The molecule has 0 saturated heterocycles. The van der Waals surface area contributed by atoms with Crippen LogP contribution in [0.3, 0.4) is 0 Å². The second-order valence-corrected chi connectivity index (χ2v) is 9.50. The molecule has 10 heteroatoms. The maximum absolute atomic E-state index is 15.2. The van der Waals surface area contributed by atoms with Crippen LogP contribution in [-0.4, -0.2) is 36.7 Å². The van der Waals surface area contributed by atoms with Crippen molar-refractivity contribution in [2.24, 2.45) is 5.92 Å². The lowest BCUT2D eigenvalue weighted by molar-refractivity contribution is 0.103. The molecule has 2 aliphatic carbocycles. The zero-order valence-corrected chi connectivity index (χ0v) is 17.4. The van der Waals surface area contributed by atoms with Crippen molar-refractivity contribution >= 4 is 39.3 Å². The number of aromatic nitrogens is 3. The van der Waals surface area contributed by atoms with Crippen LogP contribution >= 0.6 is 0 Å². The van der Waals surface area contributed by atoms with E-state index < -0.39 is 34.0 Å². The Morgan fingerprint density at radius 2 is 2.00 bits per heavy atom. The molecule has 2 heterocycles. The van der Waals surface area contributed by atoms with Gasteiger partial charge in [0.05, 0.1) is 27.5 Å². The maximum Gasteiger partial charge on any atom is 0.201 e. The Morgan fingerprint density at radius 3 is 2.71 bits per heavy atom. The van der Waals surface area contributed by atoms with Crippen molar-refractivity contribution in [2.75, 3.05) is 16.6 Å². The largest absolute Gasteiger partial charge is 0.369 e. The minimum Gasteiger partial charge on any atom is -0.369 e. The van der Waals surface area contributed by atoms with Gasteiger partial charge in [0.15, 0.2) is 5.82 Å². The Labute approximate surface area is 179 Å². The molecular weight excluding hydrogens is 424 g/mol. The van der Waals surface area contributed by atoms with Gasteiger partial charge in [0.25, 0.3) is 0 Å². The minimum absolute atomic E-state index is 0.0607. The van der Waals surface area contributed by atoms with Gasteiger partial charge >= 0.3 is 0 Å². The van der Waals surface area contributed by atoms with E-state index >= 15 is 4.39 Å². The third-order valence-electron chi connectivity index (χ3n) is 5.85. The fraction of sp³-hybridized carbons (Fsp3) is 0.381. The first-order chi connectivity index (χ1) is 15.0. The molecule has 1 aromatic carbocycles. The van der Waals surface area contributed by atoms with E-state index in [9.17, 15) is 13.4 Å². The number of benzene rings is 1. The molecule has 2 fully saturated rings. The fourth-order valence-electron chi connectivity index (χ4n) is 3.59. The Kier molecular flexibility index (Phi) is 5.17. The van der Waals surface area contributed by atoms with E-state index in [2.05, 4.69) is 25.0 Å². The Hall–Kier alpha value is -2.88. The van der Waals surface area contributed by atoms with Gasteiger partial charge in [-0.15, -0.1) is 0 Å². The molecule has 162 valence electrons. The van der Waals surface area contributed by atoms with Crippen molar-refractivity contribution in [3.05, 3.63) is 47.4 Å². The van der Waals surface area contributed by atoms with E-state index in [0.717, 1.165) is 38.2 Å². The lowest BCUT2D eigenvalue weighted by atomic mass is 10.0. The third-order valence-corrected chi connectivity index (χ3v) is 7.35. The monoisotopic (exact) mass is 445 g/mol. The average molecular weight is 445 g/mol. The standard InChI is InChI=1S/C21H21F2N5O2S/c22-14-6-7-15(28-31(30)12-2-1-3-12)18(23)17(14)19(29)13-9-25-21-16(13)20(26-10-27-21)24-8-11-4-5-11/h6-7,9-12,28H,1-5,8H2,(H2,24,25,26,27).